The van der Waals surface area contributed by atoms with E-state index in [2.05, 4.69) is 38.1 Å². The third kappa shape index (κ3) is 4.66. The van der Waals surface area contributed by atoms with E-state index in [1.165, 1.54) is 12.4 Å². The summed E-state index contributed by atoms with van der Waals surface area (Å²) in [5.74, 6) is 1.35. The van der Waals surface area contributed by atoms with E-state index in [1.54, 1.807) is 19.2 Å². The van der Waals surface area contributed by atoms with Crippen LogP contribution in [0.25, 0.3) is 10.9 Å². The summed E-state index contributed by atoms with van der Waals surface area (Å²) in [6, 6.07) is 8.44. The van der Waals surface area contributed by atoms with Crippen LogP contribution < -0.4 is 14.8 Å². The highest BCUT2D eigenvalue weighted by Gasteiger charge is 2.13. The fourth-order valence-electron chi connectivity index (χ4n) is 2.69. The Bertz CT molecular complexity index is 936. The normalized spacial score (nSPS) is 10.8. The van der Waals surface area contributed by atoms with E-state index >= 15 is 0 Å². The van der Waals surface area contributed by atoms with Crippen molar-refractivity contribution in [2.24, 2.45) is 0 Å². The summed E-state index contributed by atoms with van der Waals surface area (Å²) < 4.78 is 26.2. The molecular weight excluding hydrogens is 413 g/mol. The minimum atomic E-state index is -0.376. The van der Waals surface area contributed by atoms with Crippen LogP contribution in [-0.2, 0) is 0 Å². The minimum absolute atomic E-state index is 0.331. The number of methoxy groups -OCH3 is 1. The van der Waals surface area contributed by atoms with Crippen molar-refractivity contribution < 1.29 is 13.9 Å². The van der Waals surface area contributed by atoms with Gasteiger partial charge in [-0.25, -0.2) is 14.4 Å². The van der Waals surface area contributed by atoms with Gasteiger partial charge in [-0.05, 0) is 30.7 Å². The van der Waals surface area contributed by atoms with Crippen molar-refractivity contribution >= 4 is 38.3 Å². The standard InChI is InChI=1S/C20H21BrFN3O2/c1-3-4-5-8-27-19-11-17-14(10-18(19)26-2)20(24-12-23-17)25-16-7-6-13(21)9-15(16)22/h6-7,9-12H,3-5,8H2,1-2H3,(H,23,24,25). The van der Waals surface area contributed by atoms with Gasteiger partial charge in [0, 0.05) is 15.9 Å². The van der Waals surface area contributed by atoms with Gasteiger partial charge >= 0.3 is 0 Å². The Labute approximate surface area is 166 Å². The number of anilines is 2. The highest BCUT2D eigenvalue weighted by molar-refractivity contribution is 9.10. The number of rotatable bonds is 8. The smallest absolute Gasteiger partial charge is 0.163 e. The van der Waals surface area contributed by atoms with E-state index in [-0.39, 0.29) is 5.82 Å². The van der Waals surface area contributed by atoms with Crippen molar-refractivity contribution in [1.29, 1.82) is 0 Å². The van der Waals surface area contributed by atoms with Gasteiger partial charge in [0.05, 0.1) is 24.9 Å². The van der Waals surface area contributed by atoms with Crippen molar-refractivity contribution in [3.8, 4) is 11.5 Å². The van der Waals surface area contributed by atoms with Crippen LogP contribution in [0.5, 0.6) is 11.5 Å². The number of halogens is 2. The lowest BCUT2D eigenvalue weighted by Gasteiger charge is -2.14. The lowest BCUT2D eigenvalue weighted by molar-refractivity contribution is 0.286. The SMILES string of the molecule is CCCCCOc1cc2ncnc(Nc3ccc(Br)cc3F)c2cc1OC. The molecule has 0 aliphatic rings. The first-order valence-corrected chi connectivity index (χ1v) is 9.59. The molecule has 142 valence electrons. The number of benzene rings is 2. The van der Waals surface area contributed by atoms with Crippen LogP contribution >= 0.6 is 15.9 Å². The van der Waals surface area contributed by atoms with Crippen LogP contribution in [0.3, 0.4) is 0 Å². The van der Waals surface area contributed by atoms with Crippen LogP contribution in [0, 0.1) is 5.82 Å². The zero-order chi connectivity index (χ0) is 19.2. The molecule has 0 saturated carbocycles. The maximum Gasteiger partial charge on any atom is 0.163 e. The molecule has 7 heteroatoms. The van der Waals surface area contributed by atoms with E-state index in [0.29, 0.717) is 39.6 Å². The summed E-state index contributed by atoms with van der Waals surface area (Å²) in [5.41, 5.74) is 1.02. The summed E-state index contributed by atoms with van der Waals surface area (Å²) in [6.45, 7) is 2.77. The summed E-state index contributed by atoms with van der Waals surface area (Å²) in [6.07, 6.45) is 4.67. The van der Waals surface area contributed by atoms with Crippen molar-refractivity contribution in [3.63, 3.8) is 0 Å². The number of hydrogen-bond donors (Lipinski definition) is 1. The van der Waals surface area contributed by atoms with Gasteiger partial charge in [0.15, 0.2) is 11.5 Å². The van der Waals surface area contributed by atoms with Gasteiger partial charge in [-0.3, -0.25) is 0 Å². The number of unbranched alkanes of at least 4 members (excludes halogenated alkanes) is 2. The third-order valence-electron chi connectivity index (χ3n) is 4.11. The first-order chi connectivity index (χ1) is 13.1. The van der Waals surface area contributed by atoms with Gasteiger partial charge in [0.1, 0.15) is 18.0 Å². The molecule has 0 unspecified atom stereocenters. The molecule has 1 aromatic heterocycles. The van der Waals surface area contributed by atoms with Gasteiger partial charge in [0.25, 0.3) is 0 Å². The molecule has 0 atom stereocenters. The second-order valence-corrected chi connectivity index (χ2v) is 6.96. The molecular formula is C20H21BrFN3O2. The molecule has 27 heavy (non-hydrogen) atoms. The molecule has 0 saturated heterocycles. The number of aromatic nitrogens is 2. The Morgan fingerprint density at radius 1 is 1.11 bits per heavy atom. The molecule has 5 nitrogen and oxygen atoms in total. The fraction of sp³-hybridized carbons (Fsp3) is 0.300. The van der Waals surface area contributed by atoms with Gasteiger partial charge in [-0.15, -0.1) is 0 Å². The lowest BCUT2D eigenvalue weighted by atomic mass is 10.2. The number of ether oxygens (including phenoxy) is 2. The second-order valence-electron chi connectivity index (χ2n) is 6.05. The predicted molar refractivity (Wildman–Crippen MR) is 108 cm³/mol. The van der Waals surface area contributed by atoms with E-state index in [9.17, 15) is 4.39 Å². The number of fused-ring (bicyclic) bond motifs is 1. The van der Waals surface area contributed by atoms with Crippen LogP contribution in [-0.4, -0.2) is 23.7 Å². The quantitative estimate of drug-likeness (QED) is 0.451. The van der Waals surface area contributed by atoms with Crippen LogP contribution in [0.15, 0.2) is 41.1 Å². The maximum atomic E-state index is 14.2. The Morgan fingerprint density at radius 2 is 1.96 bits per heavy atom. The first kappa shape index (κ1) is 19.4. The molecule has 2 aromatic carbocycles. The van der Waals surface area contributed by atoms with Crippen LogP contribution in [0.1, 0.15) is 26.2 Å². The molecule has 3 aromatic rings. The molecule has 0 amide bonds. The summed E-state index contributed by atoms with van der Waals surface area (Å²) >= 11 is 3.25. The Hall–Kier alpha value is -2.41. The Kier molecular flexibility index (Phi) is 6.45. The highest BCUT2D eigenvalue weighted by Crippen LogP contribution is 2.35. The van der Waals surface area contributed by atoms with Gasteiger partial charge < -0.3 is 14.8 Å². The molecule has 0 aliphatic heterocycles. The van der Waals surface area contributed by atoms with Crippen molar-refractivity contribution in [1.82, 2.24) is 9.97 Å². The van der Waals surface area contributed by atoms with Crippen LogP contribution in [0.2, 0.25) is 0 Å². The second kappa shape index (κ2) is 8.99. The molecule has 0 aliphatic carbocycles. The van der Waals surface area contributed by atoms with Crippen molar-refractivity contribution in [2.45, 2.75) is 26.2 Å². The zero-order valence-electron chi connectivity index (χ0n) is 15.3. The molecule has 3 rings (SSSR count). The average molecular weight is 434 g/mol. The largest absolute Gasteiger partial charge is 0.493 e. The Balaban J connectivity index is 1.93. The molecule has 0 bridgehead atoms. The van der Waals surface area contributed by atoms with Crippen molar-refractivity contribution in [2.75, 3.05) is 19.0 Å². The molecule has 0 spiro atoms. The van der Waals surface area contributed by atoms with E-state index in [0.717, 1.165) is 24.6 Å². The number of nitrogens with zero attached hydrogens (tertiary/aromatic N) is 2. The van der Waals surface area contributed by atoms with E-state index < -0.39 is 0 Å². The van der Waals surface area contributed by atoms with Crippen LogP contribution in [0.4, 0.5) is 15.9 Å². The van der Waals surface area contributed by atoms with E-state index in [1.807, 2.05) is 12.1 Å². The number of nitrogens with one attached hydrogen (secondary N) is 1. The van der Waals surface area contributed by atoms with E-state index in [4.69, 9.17) is 9.47 Å². The maximum absolute atomic E-state index is 14.2. The summed E-state index contributed by atoms with van der Waals surface area (Å²) in [5, 5.41) is 3.75. The van der Waals surface area contributed by atoms with Gasteiger partial charge in [-0.2, -0.15) is 0 Å². The minimum Gasteiger partial charge on any atom is -0.493 e. The summed E-state index contributed by atoms with van der Waals surface area (Å²) in [7, 11) is 1.59. The summed E-state index contributed by atoms with van der Waals surface area (Å²) in [4.78, 5) is 8.57. The third-order valence-corrected chi connectivity index (χ3v) is 4.60. The molecule has 0 fully saturated rings. The monoisotopic (exact) mass is 433 g/mol. The lowest BCUT2D eigenvalue weighted by Crippen LogP contribution is -2.01. The number of hydrogen-bond acceptors (Lipinski definition) is 5. The highest BCUT2D eigenvalue weighted by atomic mass is 79.9. The molecule has 0 radical (unpaired) electrons. The van der Waals surface area contributed by atoms with Crippen molar-refractivity contribution in [3.05, 3.63) is 46.9 Å². The molecule has 1 heterocycles. The topological polar surface area (TPSA) is 56.3 Å². The Morgan fingerprint density at radius 3 is 2.70 bits per heavy atom. The fourth-order valence-corrected chi connectivity index (χ4v) is 3.02. The molecule has 1 N–H and O–H groups in total. The van der Waals surface area contributed by atoms with Gasteiger partial charge in [-0.1, -0.05) is 35.7 Å². The first-order valence-electron chi connectivity index (χ1n) is 8.80. The average Bonchev–Trinajstić information content (AvgIpc) is 2.67. The van der Waals surface area contributed by atoms with Gasteiger partial charge in [0.2, 0.25) is 0 Å². The zero-order valence-corrected chi connectivity index (χ0v) is 16.8. The predicted octanol–water partition coefficient (Wildman–Crippen LogP) is 5.85.